The minimum atomic E-state index is 0.396. The first-order valence-corrected chi connectivity index (χ1v) is 9.81. The number of likely N-dealkylation sites (tertiary alicyclic amines) is 2. The van der Waals surface area contributed by atoms with E-state index in [2.05, 4.69) is 9.80 Å². The lowest BCUT2D eigenvalue weighted by Crippen LogP contribution is -2.47. The maximum atomic E-state index is 12.9. The summed E-state index contributed by atoms with van der Waals surface area (Å²) in [6.07, 6.45) is 12.0. The van der Waals surface area contributed by atoms with Crippen LogP contribution in [0.15, 0.2) is 0 Å². The van der Waals surface area contributed by atoms with Crippen molar-refractivity contribution in [2.45, 2.75) is 57.8 Å². The van der Waals surface area contributed by atoms with Crippen molar-refractivity contribution in [1.82, 2.24) is 9.80 Å². The molecule has 0 aromatic carbocycles. The van der Waals surface area contributed by atoms with Gasteiger partial charge in [0.05, 0.1) is 0 Å². The van der Waals surface area contributed by atoms with Gasteiger partial charge in [0, 0.05) is 25.6 Å². The third kappa shape index (κ3) is 3.06. The van der Waals surface area contributed by atoms with E-state index >= 15 is 0 Å². The molecule has 2 heterocycles. The van der Waals surface area contributed by atoms with E-state index in [1.165, 1.54) is 77.4 Å². The number of fused-ring (bicyclic) bond motifs is 2. The molecule has 0 radical (unpaired) electrons. The molecular weight excluding hydrogens is 272 g/mol. The molecule has 1 amide bonds. The van der Waals surface area contributed by atoms with Crippen molar-refractivity contribution < 1.29 is 4.79 Å². The van der Waals surface area contributed by atoms with Crippen LogP contribution in [0.25, 0.3) is 0 Å². The summed E-state index contributed by atoms with van der Waals surface area (Å²) in [6, 6.07) is 0. The zero-order chi connectivity index (χ0) is 14.9. The van der Waals surface area contributed by atoms with Gasteiger partial charge in [-0.25, -0.2) is 0 Å². The number of carbonyl (C=O) groups is 1. The highest BCUT2D eigenvalue weighted by atomic mass is 16.2. The molecule has 22 heavy (non-hydrogen) atoms. The quantitative estimate of drug-likeness (QED) is 0.799. The van der Waals surface area contributed by atoms with E-state index in [1.807, 2.05) is 0 Å². The Bertz CT molecular complexity index is 404. The first-order valence-electron chi connectivity index (χ1n) is 9.81. The van der Waals surface area contributed by atoms with Gasteiger partial charge in [-0.05, 0) is 75.8 Å². The number of nitrogens with zero attached hydrogens (tertiary/aromatic N) is 2. The lowest BCUT2D eigenvalue weighted by atomic mass is 9.86. The van der Waals surface area contributed by atoms with E-state index in [0.717, 1.165) is 30.8 Å². The minimum Gasteiger partial charge on any atom is -0.342 e. The molecule has 2 aliphatic carbocycles. The lowest BCUT2D eigenvalue weighted by molar-refractivity contribution is -0.139. The van der Waals surface area contributed by atoms with Crippen LogP contribution in [0.1, 0.15) is 57.8 Å². The summed E-state index contributed by atoms with van der Waals surface area (Å²) >= 11 is 0. The number of hydrogen-bond acceptors (Lipinski definition) is 2. The summed E-state index contributed by atoms with van der Waals surface area (Å²) in [5.41, 5.74) is 0. The van der Waals surface area contributed by atoms with Crippen molar-refractivity contribution in [2.24, 2.45) is 23.7 Å². The second-order valence-electron chi connectivity index (χ2n) is 8.44. The summed E-state index contributed by atoms with van der Waals surface area (Å²) in [4.78, 5) is 17.8. The summed E-state index contributed by atoms with van der Waals surface area (Å²) in [5.74, 6) is 3.27. The maximum absolute atomic E-state index is 12.9. The van der Waals surface area contributed by atoms with Crippen LogP contribution in [0.3, 0.4) is 0 Å². The summed E-state index contributed by atoms with van der Waals surface area (Å²) in [5, 5.41) is 0. The van der Waals surface area contributed by atoms with Crippen LogP contribution in [0.2, 0.25) is 0 Å². The Morgan fingerprint density at radius 1 is 0.909 bits per heavy atom. The average molecular weight is 304 g/mol. The SMILES string of the molecule is O=C([C@H]1C[C@H]2CC[C@H]1C2)N1CCC[C@H](CN2CCCCC2)C1. The summed E-state index contributed by atoms with van der Waals surface area (Å²) in [6.45, 7) is 5.89. The number of hydrogen-bond donors (Lipinski definition) is 0. The molecule has 0 spiro atoms. The predicted octanol–water partition coefficient (Wildman–Crippen LogP) is 3.15. The summed E-state index contributed by atoms with van der Waals surface area (Å²) in [7, 11) is 0. The van der Waals surface area contributed by atoms with E-state index in [4.69, 9.17) is 0 Å². The zero-order valence-corrected chi connectivity index (χ0v) is 14.0. The van der Waals surface area contributed by atoms with Crippen LogP contribution in [0.5, 0.6) is 0 Å². The van der Waals surface area contributed by atoms with Crippen molar-refractivity contribution in [3.8, 4) is 0 Å². The van der Waals surface area contributed by atoms with Gasteiger partial charge in [0.1, 0.15) is 0 Å². The van der Waals surface area contributed by atoms with Crippen LogP contribution in [-0.4, -0.2) is 48.4 Å². The largest absolute Gasteiger partial charge is 0.342 e. The van der Waals surface area contributed by atoms with E-state index in [0.29, 0.717) is 11.8 Å². The van der Waals surface area contributed by atoms with Crippen LogP contribution in [0.4, 0.5) is 0 Å². The highest BCUT2D eigenvalue weighted by Gasteiger charge is 2.44. The third-order valence-electron chi connectivity index (χ3n) is 6.85. The van der Waals surface area contributed by atoms with Gasteiger partial charge in [-0.1, -0.05) is 12.8 Å². The molecule has 124 valence electrons. The molecule has 2 aliphatic heterocycles. The Morgan fingerprint density at radius 2 is 1.77 bits per heavy atom. The molecule has 4 atom stereocenters. The summed E-state index contributed by atoms with van der Waals surface area (Å²) < 4.78 is 0. The Hall–Kier alpha value is -0.570. The van der Waals surface area contributed by atoms with Crippen LogP contribution >= 0.6 is 0 Å². The van der Waals surface area contributed by atoms with Crippen LogP contribution in [-0.2, 0) is 4.79 Å². The fourth-order valence-electron chi connectivity index (χ4n) is 5.70. The highest BCUT2D eigenvalue weighted by Crippen LogP contribution is 2.49. The zero-order valence-electron chi connectivity index (χ0n) is 14.0. The van der Waals surface area contributed by atoms with E-state index in [9.17, 15) is 4.79 Å². The average Bonchev–Trinajstić information content (AvgIpc) is 3.18. The van der Waals surface area contributed by atoms with Gasteiger partial charge in [-0.2, -0.15) is 0 Å². The minimum absolute atomic E-state index is 0.396. The first-order chi connectivity index (χ1) is 10.8. The van der Waals surface area contributed by atoms with Crippen molar-refractivity contribution in [3.05, 3.63) is 0 Å². The third-order valence-corrected chi connectivity index (χ3v) is 6.85. The van der Waals surface area contributed by atoms with Crippen molar-refractivity contribution in [3.63, 3.8) is 0 Å². The molecule has 0 aromatic heterocycles. The number of piperidine rings is 2. The topological polar surface area (TPSA) is 23.6 Å². The monoisotopic (exact) mass is 304 g/mol. The van der Waals surface area contributed by atoms with Crippen molar-refractivity contribution in [2.75, 3.05) is 32.7 Å². The molecule has 0 aromatic rings. The van der Waals surface area contributed by atoms with Gasteiger partial charge in [0.25, 0.3) is 0 Å². The Morgan fingerprint density at radius 3 is 2.50 bits per heavy atom. The molecule has 4 rings (SSSR count). The smallest absolute Gasteiger partial charge is 0.225 e. The first kappa shape index (κ1) is 15.0. The molecule has 4 aliphatic rings. The Kier molecular flexibility index (Phi) is 4.43. The molecular formula is C19H32N2O. The van der Waals surface area contributed by atoms with Gasteiger partial charge in [-0.15, -0.1) is 0 Å². The Labute approximate surface area is 135 Å². The number of carbonyl (C=O) groups excluding carboxylic acids is 1. The molecule has 3 heteroatoms. The molecule has 2 saturated carbocycles. The molecule has 0 N–H and O–H groups in total. The van der Waals surface area contributed by atoms with Gasteiger partial charge in [0.15, 0.2) is 0 Å². The van der Waals surface area contributed by atoms with E-state index in [1.54, 1.807) is 0 Å². The lowest BCUT2D eigenvalue weighted by Gasteiger charge is -2.38. The van der Waals surface area contributed by atoms with Gasteiger partial charge < -0.3 is 9.80 Å². The molecule has 2 saturated heterocycles. The van der Waals surface area contributed by atoms with Gasteiger partial charge in [0.2, 0.25) is 5.91 Å². The van der Waals surface area contributed by atoms with Crippen LogP contribution in [0, 0.1) is 23.7 Å². The molecule has 4 fully saturated rings. The Balaban J connectivity index is 1.31. The van der Waals surface area contributed by atoms with E-state index in [-0.39, 0.29) is 0 Å². The van der Waals surface area contributed by atoms with Crippen molar-refractivity contribution >= 4 is 5.91 Å². The van der Waals surface area contributed by atoms with Crippen LogP contribution < -0.4 is 0 Å². The van der Waals surface area contributed by atoms with Gasteiger partial charge >= 0.3 is 0 Å². The molecule has 0 unspecified atom stereocenters. The van der Waals surface area contributed by atoms with E-state index < -0.39 is 0 Å². The number of rotatable bonds is 3. The molecule has 2 bridgehead atoms. The van der Waals surface area contributed by atoms with Gasteiger partial charge in [-0.3, -0.25) is 4.79 Å². The predicted molar refractivity (Wildman–Crippen MR) is 88.5 cm³/mol. The maximum Gasteiger partial charge on any atom is 0.225 e. The highest BCUT2D eigenvalue weighted by molar-refractivity contribution is 5.79. The second kappa shape index (κ2) is 6.51. The number of amides is 1. The normalized spacial score (nSPS) is 39.4. The second-order valence-corrected chi connectivity index (χ2v) is 8.44. The fourth-order valence-corrected chi connectivity index (χ4v) is 5.70. The fraction of sp³-hybridized carbons (Fsp3) is 0.947. The van der Waals surface area contributed by atoms with Crippen molar-refractivity contribution in [1.29, 1.82) is 0 Å². The molecule has 3 nitrogen and oxygen atoms in total. The standard InChI is InChI=1S/C19H32N2O/c22-19(18-12-15-6-7-17(18)11-15)21-10-4-5-16(14-21)13-20-8-2-1-3-9-20/h15-18H,1-14H2/t15-,16+,17-,18-/m0/s1.